The molecule has 0 saturated carbocycles. The molecule has 0 aromatic rings. The molecule has 8 heteroatoms. The minimum absolute atomic E-state index is 0.390. The summed E-state index contributed by atoms with van der Waals surface area (Å²) >= 11 is 0. The summed E-state index contributed by atoms with van der Waals surface area (Å²) in [6, 6.07) is 0. The molecular weight excluding hydrogens is 239 g/mol. The van der Waals surface area contributed by atoms with Crippen molar-refractivity contribution < 1.29 is 34.2 Å². The summed E-state index contributed by atoms with van der Waals surface area (Å²) < 4.78 is 11.2. The molecule has 4 N–H and O–H groups in total. The SMILES string of the molecule is CC(CC(C)(CC(=O)O)P(=O)(O)O)C(=O)O. The first-order valence-corrected chi connectivity index (χ1v) is 6.11. The largest absolute Gasteiger partial charge is 0.481 e. The van der Waals surface area contributed by atoms with Gasteiger partial charge in [-0.3, -0.25) is 14.2 Å². The Morgan fingerprint density at radius 1 is 1.31 bits per heavy atom. The molecule has 0 saturated heterocycles. The van der Waals surface area contributed by atoms with Gasteiger partial charge in [-0.15, -0.1) is 0 Å². The van der Waals surface area contributed by atoms with Gasteiger partial charge in [0.25, 0.3) is 0 Å². The number of carboxylic acids is 2. The highest BCUT2D eigenvalue weighted by molar-refractivity contribution is 7.53. The lowest BCUT2D eigenvalue weighted by atomic mass is 9.94. The molecule has 94 valence electrons. The summed E-state index contributed by atoms with van der Waals surface area (Å²) in [4.78, 5) is 39.3. The Bertz CT molecular complexity index is 333. The molecule has 0 rings (SSSR count). The van der Waals surface area contributed by atoms with E-state index < -0.39 is 37.0 Å². The zero-order valence-corrected chi connectivity index (χ0v) is 9.85. The average Bonchev–Trinajstić information content (AvgIpc) is 1.99. The number of aliphatic carboxylic acids is 2. The normalized spacial score (nSPS) is 17.5. The monoisotopic (exact) mass is 254 g/mol. The van der Waals surface area contributed by atoms with Gasteiger partial charge in [-0.25, -0.2) is 0 Å². The smallest absolute Gasteiger partial charge is 0.331 e. The maximum absolute atomic E-state index is 11.2. The Balaban J connectivity index is 5.03. The van der Waals surface area contributed by atoms with Crippen molar-refractivity contribution in [1.82, 2.24) is 0 Å². The third-order valence-electron chi connectivity index (χ3n) is 2.40. The second-order valence-electron chi connectivity index (χ2n) is 4.05. The minimum Gasteiger partial charge on any atom is -0.481 e. The number of carbonyl (C=O) groups is 2. The summed E-state index contributed by atoms with van der Waals surface area (Å²) in [5, 5.41) is 15.4. The van der Waals surface area contributed by atoms with Crippen molar-refractivity contribution in [3.63, 3.8) is 0 Å². The van der Waals surface area contributed by atoms with Crippen LogP contribution in [0.25, 0.3) is 0 Å². The minimum atomic E-state index is -4.68. The lowest BCUT2D eigenvalue weighted by Crippen LogP contribution is -2.32. The van der Waals surface area contributed by atoms with Crippen molar-refractivity contribution in [3.05, 3.63) is 0 Å². The van der Waals surface area contributed by atoms with Gasteiger partial charge in [-0.1, -0.05) is 6.92 Å². The maximum atomic E-state index is 11.2. The van der Waals surface area contributed by atoms with E-state index in [-0.39, 0.29) is 6.42 Å². The third-order valence-corrected chi connectivity index (χ3v) is 4.15. The molecule has 0 aromatic heterocycles. The molecule has 7 nitrogen and oxygen atoms in total. The van der Waals surface area contributed by atoms with Crippen LogP contribution in [0.5, 0.6) is 0 Å². The molecule has 0 bridgehead atoms. The van der Waals surface area contributed by atoms with Crippen LogP contribution in [0, 0.1) is 5.92 Å². The Morgan fingerprint density at radius 2 is 1.75 bits per heavy atom. The first-order valence-electron chi connectivity index (χ1n) is 4.50. The van der Waals surface area contributed by atoms with Crippen LogP contribution < -0.4 is 0 Å². The zero-order valence-electron chi connectivity index (χ0n) is 8.95. The van der Waals surface area contributed by atoms with Gasteiger partial charge >= 0.3 is 19.5 Å². The third kappa shape index (κ3) is 3.92. The van der Waals surface area contributed by atoms with Crippen LogP contribution in [0.15, 0.2) is 0 Å². The maximum Gasteiger partial charge on any atom is 0.331 e. The highest BCUT2D eigenvalue weighted by Crippen LogP contribution is 2.55. The molecule has 0 aromatic carbocycles. The molecule has 0 heterocycles. The summed E-state index contributed by atoms with van der Waals surface area (Å²) in [6.07, 6.45) is -1.16. The van der Waals surface area contributed by atoms with Crippen LogP contribution in [0.2, 0.25) is 0 Å². The Labute approximate surface area is 92.3 Å². The topological polar surface area (TPSA) is 132 Å². The van der Waals surface area contributed by atoms with E-state index in [1.165, 1.54) is 6.92 Å². The van der Waals surface area contributed by atoms with Gasteiger partial charge in [0.05, 0.1) is 17.5 Å². The van der Waals surface area contributed by atoms with Crippen LogP contribution in [0.3, 0.4) is 0 Å². The molecular formula is C8H15O7P. The molecule has 0 aliphatic rings. The van der Waals surface area contributed by atoms with Crippen molar-refractivity contribution in [1.29, 1.82) is 0 Å². The molecule has 0 aliphatic carbocycles. The van der Waals surface area contributed by atoms with Crippen LogP contribution >= 0.6 is 7.60 Å². The van der Waals surface area contributed by atoms with Crippen LogP contribution in [0.1, 0.15) is 26.7 Å². The van der Waals surface area contributed by atoms with Gasteiger partial charge < -0.3 is 20.0 Å². The summed E-state index contributed by atoms with van der Waals surface area (Å²) in [7, 11) is -4.68. The fraction of sp³-hybridized carbons (Fsp3) is 0.750. The molecule has 0 aliphatic heterocycles. The molecule has 2 atom stereocenters. The molecule has 0 radical (unpaired) electrons. The average molecular weight is 254 g/mol. The van der Waals surface area contributed by atoms with Gasteiger partial charge in [0.1, 0.15) is 0 Å². The van der Waals surface area contributed by atoms with Gasteiger partial charge in [0.2, 0.25) is 0 Å². The summed E-state index contributed by atoms with van der Waals surface area (Å²) in [6.45, 7) is 2.36. The number of hydrogen-bond acceptors (Lipinski definition) is 3. The second kappa shape index (κ2) is 4.95. The van der Waals surface area contributed by atoms with Gasteiger partial charge in [-0.05, 0) is 13.3 Å². The van der Waals surface area contributed by atoms with Crippen molar-refractivity contribution in [2.45, 2.75) is 31.8 Å². The molecule has 0 fully saturated rings. The highest BCUT2D eigenvalue weighted by atomic mass is 31.2. The van der Waals surface area contributed by atoms with Crippen molar-refractivity contribution >= 4 is 19.5 Å². The van der Waals surface area contributed by atoms with Gasteiger partial charge in [-0.2, -0.15) is 0 Å². The van der Waals surface area contributed by atoms with Gasteiger partial charge in [0, 0.05) is 0 Å². The first kappa shape index (κ1) is 15.1. The number of carboxylic acid groups (broad SMARTS) is 2. The Hall–Kier alpha value is -0.910. The lowest BCUT2D eigenvalue weighted by Gasteiger charge is -2.30. The predicted octanol–water partition coefficient (Wildman–Crippen LogP) is 0.508. The first-order chi connectivity index (χ1) is 6.99. The lowest BCUT2D eigenvalue weighted by molar-refractivity contribution is -0.143. The second-order valence-corrected chi connectivity index (χ2v) is 6.22. The Kier molecular flexibility index (Phi) is 4.67. The van der Waals surface area contributed by atoms with E-state index in [0.29, 0.717) is 0 Å². The van der Waals surface area contributed by atoms with Crippen LogP contribution in [0.4, 0.5) is 0 Å². The summed E-state index contributed by atoms with van der Waals surface area (Å²) in [5.74, 6) is -3.61. The van der Waals surface area contributed by atoms with E-state index in [2.05, 4.69) is 0 Å². The standard InChI is InChI=1S/C8H15O7P/c1-5(7(11)12)3-8(2,4-6(9)10)16(13,14)15/h5H,3-4H2,1-2H3,(H,9,10)(H,11,12)(H2,13,14,15). The van der Waals surface area contributed by atoms with E-state index >= 15 is 0 Å². The highest BCUT2D eigenvalue weighted by Gasteiger charge is 2.45. The number of rotatable bonds is 6. The molecule has 16 heavy (non-hydrogen) atoms. The van der Waals surface area contributed by atoms with Crippen LogP contribution in [-0.2, 0) is 14.2 Å². The fourth-order valence-corrected chi connectivity index (χ4v) is 2.22. The van der Waals surface area contributed by atoms with E-state index in [9.17, 15) is 14.2 Å². The predicted molar refractivity (Wildman–Crippen MR) is 54.1 cm³/mol. The van der Waals surface area contributed by atoms with Crippen molar-refractivity contribution in [2.24, 2.45) is 5.92 Å². The van der Waals surface area contributed by atoms with E-state index in [1.807, 2.05) is 0 Å². The van der Waals surface area contributed by atoms with Crippen molar-refractivity contribution in [3.8, 4) is 0 Å². The van der Waals surface area contributed by atoms with E-state index in [1.54, 1.807) is 0 Å². The van der Waals surface area contributed by atoms with Gasteiger partial charge in [0.15, 0.2) is 0 Å². The molecule has 2 unspecified atom stereocenters. The molecule has 0 spiro atoms. The quantitative estimate of drug-likeness (QED) is 0.507. The fourth-order valence-electron chi connectivity index (χ4n) is 1.37. The van der Waals surface area contributed by atoms with Crippen molar-refractivity contribution in [2.75, 3.05) is 0 Å². The zero-order chi connectivity index (χ0) is 13.1. The van der Waals surface area contributed by atoms with Crippen LogP contribution in [-0.4, -0.2) is 37.1 Å². The summed E-state index contributed by atoms with van der Waals surface area (Å²) in [5.41, 5.74) is 0. The Morgan fingerprint density at radius 3 is 2.00 bits per heavy atom. The molecule has 0 amide bonds. The van der Waals surface area contributed by atoms with E-state index in [4.69, 9.17) is 20.0 Å². The van der Waals surface area contributed by atoms with E-state index in [0.717, 1.165) is 6.92 Å². The number of hydrogen-bond donors (Lipinski definition) is 4.